The van der Waals surface area contributed by atoms with Crippen molar-refractivity contribution in [3.8, 4) is 11.5 Å². The third kappa shape index (κ3) is 3.42. The summed E-state index contributed by atoms with van der Waals surface area (Å²) < 4.78 is 10.5. The molecule has 0 saturated carbocycles. The second-order valence-electron chi connectivity index (χ2n) is 3.07. The lowest BCUT2D eigenvalue weighted by Crippen LogP contribution is -2.01. The van der Waals surface area contributed by atoms with Crippen molar-refractivity contribution in [2.45, 2.75) is 13.0 Å². The first kappa shape index (κ1) is 11.8. The number of benzene rings is 1. The topological polar surface area (TPSA) is 58.9 Å². The van der Waals surface area contributed by atoms with Crippen LogP contribution in [0.1, 0.15) is 12.0 Å². The minimum atomic E-state index is -0.0274. The Kier molecular flexibility index (Phi) is 4.93. The van der Waals surface area contributed by atoms with Crippen molar-refractivity contribution < 1.29 is 19.7 Å². The Hall–Kier alpha value is -1.26. The van der Waals surface area contributed by atoms with E-state index in [9.17, 15) is 0 Å². The lowest BCUT2D eigenvalue weighted by atomic mass is 10.2. The molecule has 0 unspecified atom stereocenters. The van der Waals surface area contributed by atoms with Crippen LogP contribution in [0.5, 0.6) is 11.5 Å². The predicted molar refractivity (Wildman–Crippen MR) is 56.1 cm³/mol. The van der Waals surface area contributed by atoms with Gasteiger partial charge in [0.2, 0.25) is 0 Å². The van der Waals surface area contributed by atoms with E-state index in [0.717, 1.165) is 5.56 Å². The van der Waals surface area contributed by atoms with Crippen LogP contribution in [0.3, 0.4) is 0 Å². The average Bonchev–Trinajstić information content (AvgIpc) is 2.29. The van der Waals surface area contributed by atoms with Gasteiger partial charge in [-0.25, -0.2) is 0 Å². The van der Waals surface area contributed by atoms with Crippen molar-refractivity contribution in [3.63, 3.8) is 0 Å². The molecule has 4 heteroatoms. The van der Waals surface area contributed by atoms with Gasteiger partial charge in [-0.3, -0.25) is 0 Å². The first-order chi connectivity index (χ1) is 7.31. The zero-order valence-corrected chi connectivity index (χ0v) is 8.77. The highest BCUT2D eigenvalue weighted by Gasteiger charge is 2.04. The fourth-order valence-corrected chi connectivity index (χ4v) is 1.18. The SMILES string of the molecule is COc1ccc(CO)cc1OCCCO. The Balaban J connectivity index is 2.72. The molecule has 1 aromatic rings. The number of hydrogen-bond donors (Lipinski definition) is 2. The molecule has 1 aromatic carbocycles. The van der Waals surface area contributed by atoms with Crippen LogP contribution in [0, 0.1) is 0 Å². The lowest BCUT2D eigenvalue weighted by molar-refractivity contribution is 0.227. The molecular formula is C11H16O4. The van der Waals surface area contributed by atoms with Crippen molar-refractivity contribution in [1.29, 1.82) is 0 Å². The van der Waals surface area contributed by atoms with Crippen molar-refractivity contribution in [3.05, 3.63) is 23.8 Å². The Morgan fingerprint density at radius 1 is 1.20 bits per heavy atom. The van der Waals surface area contributed by atoms with E-state index in [-0.39, 0.29) is 13.2 Å². The van der Waals surface area contributed by atoms with Crippen LogP contribution in [0.15, 0.2) is 18.2 Å². The van der Waals surface area contributed by atoms with Crippen LogP contribution in [0.2, 0.25) is 0 Å². The maximum atomic E-state index is 8.96. The third-order valence-electron chi connectivity index (χ3n) is 1.97. The molecule has 0 fully saturated rings. The first-order valence-corrected chi connectivity index (χ1v) is 4.83. The molecule has 0 radical (unpaired) electrons. The highest BCUT2D eigenvalue weighted by atomic mass is 16.5. The van der Waals surface area contributed by atoms with E-state index in [1.54, 1.807) is 25.3 Å². The normalized spacial score (nSPS) is 10.1. The molecule has 0 atom stereocenters. The van der Waals surface area contributed by atoms with E-state index in [0.29, 0.717) is 24.5 Å². The Labute approximate surface area is 89.1 Å². The van der Waals surface area contributed by atoms with Crippen LogP contribution in [-0.4, -0.2) is 30.5 Å². The highest BCUT2D eigenvalue weighted by Crippen LogP contribution is 2.28. The van der Waals surface area contributed by atoms with Crippen LogP contribution >= 0.6 is 0 Å². The number of ether oxygens (including phenoxy) is 2. The van der Waals surface area contributed by atoms with Gasteiger partial charge in [-0.1, -0.05) is 6.07 Å². The van der Waals surface area contributed by atoms with Gasteiger partial charge in [0, 0.05) is 13.0 Å². The van der Waals surface area contributed by atoms with Crippen molar-refractivity contribution in [2.75, 3.05) is 20.3 Å². The molecule has 84 valence electrons. The molecule has 15 heavy (non-hydrogen) atoms. The molecule has 2 N–H and O–H groups in total. The molecule has 0 bridgehead atoms. The van der Waals surface area contributed by atoms with Gasteiger partial charge in [0.05, 0.1) is 20.3 Å². The molecule has 0 saturated heterocycles. The van der Waals surface area contributed by atoms with Crippen molar-refractivity contribution in [2.24, 2.45) is 0 Å². The molecule has 0 heterocycles. The van der Waals surface area contributed by atoms with Gasteiger partial charge >= 0.3 is 0 Å². The molecule has 0 aliphatic heterocycles. The van der Waals surface area contributed by atoms with Crippen LogP contribution < -0.4 is 9.47 Å². The molecular weight excluding hydrogens is 196 g/mol. The molecule has 0 aliphatic carbocycles. The zero-order valence-electron chi connectivity index (χ0n) is 8.77. The first-order valence-electron chi connectivity index (χ1n) is 4.83. The Morgan fingerprint density at radius 2 is 2.00 bits per heavy atom. The second kappa shape index (κ2) is 6.27. The molecule has 0 aromatic heterocycles. The molecule has 0 aliphatic rings. The lowest BCUT2D eigenvalue weighted by Gasteiger charge is -2.11. The maximum Gasteiger partial charge on any atom is 0.161 e. The standard InChI is InChI=1S/C11H16O4/c1-14-10-4-3-9(8-13)7-11(10)15-6-2-5-12/h3-4,7,12-13H,2,5-6,8H2,1H3. The zero-order chi connectivity index (χ0) is 11.1. The Morgan fingerprint density at radius 3 is 2.60 bits per heavy atom. The molecule has 4 nitrogen and oxygen atoms in total. The fraction of sp³-hybridized carbons (Fsp3) is 0.455. The summed E-state index contributed by atoms with van der Waals surface area (Å²) >= 11 is 0. The molecule has 1 rings (SSSR count). The van der Waals surface area contributed by atoms with E-state index < -0.39 is 0 Å². The summed E-state index contributed by atoms with van der Waals surface area (Å²) in [6, 6.07) is 5.26. The van der Waals surface area contributed by atoms with Gasteiger partial charge in [0.25, 0.3) is 0 Å². The van der Waals surface area contributed by atoms with Gasteiger partial charge in [0.1, 0.15) is 0 Å². The summed E-state index contributed by atoms with van der Waals surface area (Å²) in [5, 5.41) is 17.6. The van der Waals surface area contributed by atoms with Gasteiger partial charge < -0.3 is 19.7 Å². The summed E-state index contributed by atoms with van der Waals surface area (Å²) in [4.78, 5) is 0. The van der Waals surface area contributed by atoms with Crippen molar-refractivity contribution >= 4 is 0 Å². The van der Waals surface area contributed by atoms with Crippen molar-refractivity contribution in [1.82, 2.24) is 0 Å². The van der Waals surface area contributed by atoms with Crippen LogP contribution in [0.4, 0.5) is 0 Å². The monoisotopic (exact) mass is 212 g/mol. The largest absolute Gasteiger partial charge is 0.493 e. The maximum absolute atomic E-state index is 8.96. The fourth-order valence-electron chi connectivity index (χ4n) is 1.18. The summed E-state index contributed by atoms with van der Waals surface area (Å²) in [5.41, 5.74) is 0.773. The number of rotatable bonds is 6. The average molecular weight is 212 g/mol. The van der Waals surface area contributed by atoms with E-state index >= 15 is 0 Å². The van der Waals surface area contributed by atoms with E-state index in [4.69, 9.17) is 19.7 Å². The number of aliphatic hydroxyl groups excluding tert-OH is 2. The number of methoxy groups -OCH3 is 1. The highest BCUT2D eigenvalue weighted by molar-refractivity contribution is 5.42. The summed E-state index contributed by atoms with van der Waals surface area (Å²) in [6.45, 7) is 0.504. The smallest absolute Gasteiger partial charge is 0.161 e. The number of aliphatic hydroxyl groups is 2. The third-order valence-corrected chi connectivity index (χ3v) is 1.97. The predicted octanol–water partition coefficient (Wildman–Crippen LogP) is 0.949. The van der Waals surface area contributed by atoms with E-state index in [1.807, 2.05) is 0 Å². The number of hydrogen-bond acceptors (Lipinski definition) is 4. The van der Waals surface area contributed by atoms with Gasteiger partial charge in [-0.15, -0.1) is 0 Å². The second-order valence-corrected chi connectivity index (χ2v) is 3.07. The summed E-state index contributed by atoms with van der Waals surface area (Å²) in [7, 11) is 1.56. The van der Waals surface area contributed by atoms with E-state index in [2.05, 4.69) is 0 Å². The quantitative estimate of drug-likeness (QED) is 0.689. The minimum Gasteiger partial charge on any atom is -0.493 e. The van der Waals surface area contributed by atoms with Gasteiger partial charge in [-0.05, 0) is 17.7 Å². The van der Waals surface area contributed by atoms with Crippen LogP contribution in [0.25, 0.3) is 0 Å². The van der Waals surface area contributed by atoms with Crippen LogP contribution in [-0.2, 0) is 6.61 Å². The molecule has 0 spiro atoms. The summed E-state index contributed by atoms with van der Waals surface area (Å²) in [5.74, 6) is 1.22. The van der Waals surface area contributed by atoms with Gasteiger partial charge in [0.15, 0.2) is 11.5 Å². The van der Waals surface area contributed by atoms with Gasteiger partial charge in [-0.2, -0.15) is 0 Å². The Bertz CT molecular complexity index is 299. The minimum absolute atomic E-state index is 0.0274. The van der Waals surface area contributed by atoms with E-state index in [1.165, 1.54) is 0 Å². The summed E-state index contributed by atoms with van der Waals surface area (Å²) in [6.07, 6.45) is 0.576. The molecule has 0 amide bonds.